The molecular formula is C26H32N6O2. The third-order valence-electron chi connectivity index (χ3n) is 6.95. The van der Waals surface area contributed by atoms with Crippen molar-refractivity contribution in [1.82, 2.24) is 29.8 Å². The van der Waals surface area contributed by atoms with Gasteiger partial charge in [0.15, 0.2) is 5.65 Å². The highest BCUT2D eigenvalue weighted by Crippen LogP contribution is 2.39. The molecule has 1 atom stereocenters. The monoisotopic (exact) mass is 460 g/mol. The van der Waals surface area contributed by atoms with Crippen molar-refractivity contribution >= 4 is 22.5 Å². The number of carbonyl (C=O) groups excluding carboxylic acids is 1. The number of nitrogens with one attached hydrogen (secondary N) is 2. The Labute approximate surface area is 199 Å². The number of benzene rings is 1. The number of aromatic amines is 1. The Hall–Kier alpha value is -3.23. The summed E-state index contributed by atoms with van der Waals surface area (Å²) in [5.74, 6) is 0.421. The van der Waals surface area contributed by atoms with Crippen molar-refractivity contribution in [2.45, 2.75) is 39.7 Å². The zero-order chi connectivity index (χ0) is 24.0. The summed E-state index contributed by atoms with van der Waals surface area (Å²) in [6.45, 7) is 10.8. The van der Waals surface area contributed by atoms with Gasteiger partial charge in [-0.25, -0.2) is 9.50 Å². The molecule has 2 N–H and O–H groups in total. The molecule has 0 aliphatic carbocycles. The largest absolute Gasteiger partial charge is 0.370 e. The van der Waals surface area contributed by atoms with Crippen LogP contribution in [0.1, 0.15) is 48.1 Å². The molecule has 1 aromatic carbocycles. The number of rotatable bonds is 5. The fraction of sp³-hybridized carbons (Fsp3) is 0.423. The second-order valence-corrected chi connectivity index (χ2v) is 9.42. The van der Waals surface area contributed by atoms with Gasteiger partial charge in [0.05, 0.1) is 25.4 Å². The fourth-order valence-electron chi connectivity index (χ4n) is 5.04. The molecule has 4 heterocycles. The predicted octanol–water partition coefficient (Wildman–Crippen LogP) is 3.74. The number of ether oxygens (including phenoxy) is 1. The number of carbonyl (C=O) groups is 1. The van der Waals surface area contributed by atoms with Crippen LogP contribution in [0.4, 0.5) is 0 Å². The van der Waals surface area contributed by atoms with Gasteiger partial charge in [-0.2, -0.15) is 5.10 Å². The normalized spacial score (nSPS) is 16.8. The number of amides is 1. The Morgan fingerprint density at radius 3 is 2.88 bits per heavy atom. The van der Waals surface area contributed by atoms with E-state index < -0.39 is 0 Å². The predicted molar refractivity (Wildman–Crippen MR) is 133 cm³/mol. The van der Waals surface area contributed by atoms with E-state index in [2.05, 4.69) is 72.5 Å². The molecule has 0 saturated carbocycles. The van der Waals surface area contributed by atoms with Crippen LogP contribution >= 0.6 is 0 Å². The summed E-state index contributed by atoms with van der Waals surface area (Å²) in [7, 11) is 1.80. The molecule has 8 heteroatoms. The Balaban J connectivity index is 1.59. The molecule has 8 nitrogen and oxygen atoms in total. The maximum Gasteiger partial charge on any atom is 0.236 e. The zero-order valence-corrected chi connectivity index (χ0v) is 20.5. The van der Waals surface area contributed by atoms with E-state index in [0.717, 1.165) is 33.5 Å². The molecule has 34 heavy (non-hydrogen) atoms. The molecule has 1 unspecified atom stereocenters. The second-order valence-electron chi connectivity index (χ2n) is 9.42. The molecule has 1 fully saturated rings. The molecule has 1 aliphatic rings. The molecule has 1 amide bonds. The number of aromatic nitrogens is 4. The lowest BCUT2D eigenvalue weighted by molar-refractivity contribution is -0.137. The van der Waals surface area contributed by atoms with Crippen LogP contribution in [-0.4, -0.2) is 63.7 Å². The van der Waals surface area contributed by atoms with Gasteiger partial charge in [-0.1, -0.05) is 19.9 Å². The number of hydrogen-bond acceptors (Lipinski definition) is 5. The number of morpholine rings is 1. The SMILES string of the molecule is CNCC(=O)N1CCOC(c2ccc3[nH]c(-c4cn5ncnc5c(C)c4C)c(C(C)C)c3c2)C1. The molecule has 3 aromatic heterocycles. The average Bonchev–Trinajstić information content (AvgIpc) is 3.45. The van der Waals surface area contributed by atoms with Gasteiger partial charge in [0.25, 0.3) is 0 Å². The summed E-state index contributed by atoms with van der Waals surface area (Å²) in [6.07, 6.45) is 3.53. The lowest BCUT2D eigenvalue weighted by Crippen LogP contribution is -2.45. The summed E-state index contributed by atoms with van der Waals surface area (Å²) < 4.78 is 7.95. The first-order valence-corrected chi connectivity index (χ1v) is 11.9. The quantitative estimate of drug-likeness (QED) is 0.474. The summed E-state index contributed by atoms with van der Waals surface area (Å²) in [6, 6.07) is 6.48. The molecule has 0 radical (unpaired) electrons. The van der Waals surface area contributed by atoms with Crippen molar-refractivity contribution in [3.63, 3.8) is 0 Å². The zero-order valence-electron chi connectivity index (χ0n) is 20.5. The van der Waals surface area contributed by atoms with Crippen LogP contribution in [0.2, 0.25) is 0 Å². The number of nitrogens with zero attached hydrogens (tertiary/aromatic N) is 4. The summed E-state index contributed by atoms with van der Waals surface area (Å²) in [5, 5.41) is 8.53. The number of H-pyrrole nitrogens is 1. The molecule has 1 saturated heterocycles. The Kier molecular flexibility index (Phi) is 5.87. The summed E-state index contributed by atoms with van der Waals surface area (Å²) in [4.78, 5) is 22.4. The van der Waals surface area contributed by atoms with E-state index in [1.165, 1.54) is 16.5 Å². The van der Waals surface area contributed by atoms with Gasteiger partial charge in [0, 0.05) is 29.2 Å². The van der Waals surface area contributed by atoms with Gasteiger partial charge in [0.2, 0.25) is 5.91 Å². The van der Waals surface area contributed by atoms with E-state index in [1.54, 1.807) is 13.4 Å². The number of likely N-dealkylation sites (N-methyl/N-ethyl adjacent to an activating group) is 1. The Morgan fingerprint density at radius 2 is 2.12 bits per heavy atom. The van der Waals surface area contributed by atoms with E-state index >= 15 is 0 Å². The third kappa shape index (κ3) is 3.76. The molecule has 4 aromatic rings. The Morgan fingerprint density at radius 1 is 1.29 bits per heavy atom. The van der Waals surface area contributed by atoms with Gasteiger partial charge in [0.1, 0.15) is 12.4 Å². The van der Waals surface area contributed by atoms with Crippen LogP contribution in [-0.2, 0) is 9.53 Å². The Bertz CT molecular complexity index is 1370. The van der Waals surface area contributed by atoms with Crippen LogP contribution in [0.5, 0.6) is 0 Å². The standard InChI is InChI=1S/C26H32N6O2/c1-15(2)24-19-10-18(22-13-31(8-9-34-22)23(33)11-27-5)6-7-21(19)30-25(24)20-12-32-26(28-14-29-32)17(4)16(20)3/h6-7,10,12,14-15,22,27,30H,8-9,11,13H2,1-5H3. The summed E-state index contributed by atoms with van der Waals surface area (Å²) in [5.41, 5.74) is 8.94. The minimum atomic E-state index is -0.132. The number of hydrogen-bond donors (Lipinski definition) is 2. The molecular weight excluding hydrogens is 428 g/mol. The van der Waals surface area contributed by atoms with Crippen LogP contribution in [0.15, 0.2) is 30.7 Å². The summed E-state index contributed by atoms with van der Waals surface area (Å²) >= 11 is 0. The molecule has 0 spiro atoms. The lowest BCUT2D eigenvalue weighted by Gasteiger charge is -2.33. The van der Waals surface area contributed by atoms with Gasteiger partial charge >= 0.3 is 0 Å². The fourth-order valence-corrected chi connectivity index (χ4v) is 5.04. The lowest BCUT2D eigenvalue weighted by atomic mass is 9.93. The first-order chi connectivity index (χ1) is 16.4. The number of pyridine rings is 1. The minimum absolute atomic E-state index is 0.109. The van der Waals surface area contributed by atoms with Crippen molar-refractivity contribution in [2.24, 2.45) is 0 Å². The minimum Gasteiger partial charge on any atom is -0.370 e. The van der Waals surface area contributed by atoms with Crippen molar-refractivity contribution in [2.75, 3.05) is 33.3 Å². The molecule has 178 valence electrons. The van der Waals surface area contributed by atoms with Gasteiger partial charge in [-0.3, -0.25) is 4.79 Å². The van der Waals surface area contributed by atoms with Crippen LogP contribution in [0, 0.1) is 13.8 Å². The van der Waals surface area contributed by atoms with Crippen LogP contribution in [0.3, 0.4) is 0 Å². The van der Waals surface area contributed by atoms with Gasteiger partial charge in [-0.05, 0) is 61.2 Å². The van der Waals surface area contributed by atoms with E-state index in [9.17, 15) is 4.79 Å². The highest BCUT2D eigenvalue weighted by Gasteiger charge is 2.26. The second kappa shape index (κ2) is 8.85. The number of aryl methyl sites for hydroxylation is 1. The highest BCUT2D eigenvalue weighted by atomic mass is 16.5. The van der Waals surface area contributed by atoms with Crippen molar-refractivity contribution in [1.29, 1.82) is 0 Å². The number of fused-ring (bicyclic) bond motifs is 2. The highest BCUT2D eigenvalue weighted by molar-refractivity contribution is 5.92. The topological polar surface area (TPSA) is 87.6 Å². The van der Waals surface area contributed by atoms with E-state index in [1.807, 2.05) is 9.42 Å². The maximum absolute atomic E-state index is 12.4. The molecule has 1 aliphatic heterocycles. The van der Waals surface area contributed by atoms with Crippen molar-refractivity contribution < 1.29 is 9.53 Å². The van der Waals surface area contributed by atoms with Crippen LogP contribution < -0.4 is 5.32 Å². The molecule has 0 bridgehead atoms. The smallest absolute Gasteiger partial charge is 0.236 e. The van der Waals surface area contributed by atoms with E-state index in [-0.39, 0.29) is 12.0 Å². The maximum atomic E-state index is 12.4. The average molecular weight is 461 g/mol. The third-order valence-corrected chi connectivity index (χ3v) is 6.95. The van der Waals surface area contributed by atoms with Crippen molar-refractivity contribution in [3.05, 3.63) is 53.0 Å². The van der Waals surface area contributed by atoms with Crippen LogP contribution in [0.25, 0.3) is 27.8 Å². The van der Waals surface area contributed by atoms with Crippen molar-refractivity contribution in [3.8, 4) is 11.3 Å². The van der Waals surface area contributed by atoms with E-state index in [0.29, 0.717) is 32.2 Å². The van der Waals surface area contributed by atoms with E-state index in [4.69, 9.17) is 4.74 Å². The first kappa shape index (κ1) is 22.6. The molecule has 5 rings (SSSR count). The van der Waals surface area contributed by atoms with Gasteiger partial charge in [-0.15, -0.1) is 0 Å². The van der Waals surface area contributed by atoms with Gasteiger partial charge < -0.3 is 19.9 Å². The first-order valence-electron chi connectivity index (χ1n) is 11.9.